The first-order valence-corrected chi connectivity index (χ1v) is 12.2. The van der Waals surface area contributed by atoms with Crippen molar-refractivity contribution < 1.29 is 4.74 Å². The Morgan fingerprint density at radius 2 is 2.09 bits per heavy atom. The van der Waals surface area contributed by atoms with Gasteiger partial charge in [-0.15, -0.1) is 0 Å². The molecule has 0 amide bonds. The van der Waals surface area contributed by atoms with Crippen molar-refractivity contribution in [2.75, 3.05) is 18.1 Å². The van der Waals surface area contributed by atoms with E-state index in [2.05, 4.69) is 52.7 Å². The summed E-state index contributed by atoms with van der Waals surface area (Å²) in [6, 6.07) is 8.51. The number of hydrogen-bond donors (Lipinski definition) is 0. The van der Waals surface area contributed by atoms with Gasteiger partial charge in [0, 0.05) is 38.2 Å². The number of nitrogens with zero attached hydrogens (tertiary/aromatic N) is 5. The minimum absolute atomic E-state index is 0.206. The Bertz CT molecular complexity index is 1210. The van der Waals surface area contributed by atoms with Gasteiger partial charge in [-0.2, -0.15) is 9.78 Å². The van der Waals surface area contributed by atoms with Crippen LogP contribution < -0.4 is 10.5 Å². The van der Waals surface area contributed by atoms with Crippen LogP contribution >= 0.6 is 11.6 Å². The zero-order valence-electron chi connectivity index (χ0n) is 19.3. The first-order chi connectivity index (χ1) is 16.1. The monoisotopic (exact) mass is 467 g/mol. The van der Waals surface area contributed by atoms with Gasteiger partial charge >= 0.3 is 0 Å². The average molecular weight is 468 g/mol. The van der Waals surface area contributed by atoms with Crippen LogP contribution in [0.1, 0.15) is 60.8 Å². The van der Waals surface area contributed by atoms with Crippen LogP contribution in [-0.4, -0.2) is 32.5 Å². The van der Waals surface area contributed by atoms with Gasteiger partial charge in [0.05, 0.1) is 24.1 Å². The first-order valence-electron chi connectivity index (χ1n) is 11.8. The third-order valence-corrected chi connectivity index (χ3v) is 7.15. The van der Waals surface area contributed by atoms with E-state index in [1.807, 2.05) is 0 Å². The fourth-order valence-electron chi connectivity index (χ4n) is 4.90. The van der Waals surface area contributed by atoms with E-state index in [0.717, 1.165) is 56.7 Å². The molecule has 2 aliphatic heterocycles. The Balaban J connectivity index is 1.42. The van der Waals surface area contributed by atoms with Crippen LogP contribution in [0.15, 0.2) is 35.3 Å². The highest BCUT2D eigenvalue weighted by Gasteiger charge is 2.27. The topological polar surface area (TPSA) is 65.2 Å². The Hall–Kier alpha value is -2.64. The van der Waals surface area contributed by atoms with Gasteiger partial charge in [-0.05, 0) is 37.3 Å². The van der Waals surface area contributed by atoms with E-state index >= 15 is 0 Å². The number of fused-ring (bicyclic) bond motifs is 1. The molecule has 174 valence electrons. The van der Waals surface area contributed by atoms with Gasteiger partial charge in [0.25, 0.3) is 5.56 Å². The maximum absolute atomic E-state index is 13.0. The van der Waals surface area contributed by atoms with Crippen molar-refractivity contribution >= 4 is 17.3 Å². The van der Waals surface area contributed by atoms with Crippen LogP contribution in [0.3, 0.4) is 0 Å². The van der Waals surface area contributed by atoms with Crippen molar-refractivity contribution in [1.82, 2.24) is 19.3 Å². The lowest BCUT2D eigenvalue weighted by Crippen LogP contribution is -2.36. The lowest BCUT2D eigenvalue weighted by molar-refractivity contribution is -0.0424. The molecule has 3 aromatic rings. The third kappa shape index (κ3) is 4.20. The molecular weight excluding hydrogens is 438 g/mol. The second-order valence-corrected chi connectivity index (χ2v) is 9.25. The number of hydrogen-bond acceptors (Lipinski definition) is 5. The van der Waals surface area contributed by atoms with Crippen LogP contribution in [0.5, 0.6) is 0 Å². The van der Waals surface area contributed by atoms with Gasteiger partial charge in [-0.1, -0.05) is 42.8 Å². The summed E-state index contributed by atoms with van der Waals surface area (Å²) in [4.78, 5) is 20.0. The molecule has 0 bridgehead atoms. The summed E-state index contributed by atoms with van der Waals surface area (Å²) < 4.78 is 9.50. The second-order valence-electron chi connectivity index (χ2n) is 8.87. The quantitative estimate of drug-likeness (QED) is 0.560. The highest BCUT2D eigenvalue weighted by Crippen LogP contribution is 2.30. The van der Waals surface area contributed by atoms with Gasteiger partial charge < -0.3 is 14.2 Å². The van der Waals surface area contributed by atoms with Crippen LogP contribution in [0.25, 0.3) is 0 Å². The van der Waals surface area contributed by atoms with Gasteiger partial charge in [-0.25, -0.2) is 4.98 Å². The number of anilines is 1. The number of halogens is 1. The maximum Gasteiger partial charge on any atom is 0.290 e. The molecule has 1 aromatic carbocycles. The SMILES string of the molecule is CCc1nc2c(n1Cc1ccccc1C)CCN(c1cnn(C3CCCCO3)c(=O)c1Cl)C2. The number of aryl methyl sites for hydroxylation is 2. The van der Waals surface area contributed by atoms with Crippen LogP contribution in [0.4, 0.5) is 5.69 Å². The van der Waals surface area contributed by atoms with Crippen LogP contribution in [0.2, 0.25) is 5.02 Å². The van der Waals surface area contributed by atoms with Crippen LogP contribution in [-0.2, 0) is 30.7 Å². The third-order valence-electron chi connectivity index (χ3n) is 6.79. The molecule has 1 fully saturated rings. The van der Waals surface area contributed by atoms with Crippen LogP contribution in [0, 0.1) is 6.92 Å². The largest absolute Gasteiger partial charge is 0.362 e. The molecule has 0 saturated carbocycles. The summed E-state index contributed by atoms with van der Waals surface area (Å²) in [5, 5.41) is 4.63. The Labute approximate surface area is 199 Å². The smallest absolute Gasteiger partial charge is 0.290 e. The maximum atomic E-state index is 13.0. The molecule has 1 unspecified atom stereocenters. The fraction of sp³-hybridized carbons (Fsp3) is 0.480. The average Bonchev–Trinajstić information content (AvgIpc) is 3.19. The number of imidazole rings is 1. The number of benzene rings is 1. The molecule has 2 aliphatic rings. The van der Waals surface area contributed by atoms with Crippen molar-refractivity contribution in [2.45, 2.75) is 65.3 Å². The standard InChI is InChI=1S/C25H30ClN5O2/c1-3-22-28-19-16-29(12-11-20(19)30(22)15-18-9-5-4-8-17(18)2)21-14-27-31(25(32)24(21)26)23-10-6-7-13-33-23/h4-5,8-9,14,23H,3,6-7,10-13,15-16H2,1-2H3. The Morgan fingerprint density at radius 3 is 2.85 bits per heavy atom. The molecule has 0 N–H and O–H groups in total. The van der Waals surface area contributed by atoms with Gasteiger partial charge in [0.15, 0.2) is 6.23 Å². The number of aromatic nitrogens is 4. The van der Waals surface area contributed by atoms with Crippen molar-refractivity contribution in [3.05, 3.63) is 74.2 Å². The minimum atomic E-state index is -0.324. The summed E-state index contributed by atoms with van der Waals surface area (Å²) >= 11 is 6.57. The number of rotatable bonds is 5. The lowest BCUT2D eigenvalue weighted by Gasteiger charge is -2.30. The zero-order valence-corrected chi connectivity index (χ0v) is 20.0. The lowest BCUT2D eigenvalue weighted by atomic mass is 10.1. The van der Waals surface area contributed by atoms with E-state index in [9.17, 15) is 4.79 Å². The van der Waals surface area contributed by atoms with E-state index in [4.69, 9.17) is 21.3 Å². The molecule has 5 rings (SSSR count). The van der Waals surface area contributed by atoms with Gasteiger partial charge in [0.2, 0.25) is 0 Å². The molecule has 8 heteroatoms. The molecule has 4 heterocycles. The fourth-order valence-corrected chi connectivity index (χ4v) is 5.15. The molecule has 0 aliphatic carbocycles. The first kappa shape index (κ1) is 22.2. The summed E-state index contributed by atoms with van der Waals surface area (Å²) in [7, 11) is 0. The summed E-state index contributed by atoms with van der Waals surface area (Å²) in [6.45, 7) is 7.17. The van der Waals surface area contributed by atoms with E-state index in [0.29, 0.717) is 18.8 Å². The van der Waals surface area contributed by atoms with E-state index < -0.39 is 0 Å². The molecule has 1 atom stereocenters. The summed E-state index contributed by atoms with van der Waals surface area (Å²) in [6.07, 6.45) is 5.93. The molecule has 1 saturated heterocycles. The predicted octanol–water partition coefficient (Wildman–Crippen LogP) is 4.27. The normalized spacial score (nSPS) is 18.4. The van der Waals surface area contributed by atoms with Crippen molar-refractivity contribution in [3.63, 3.8) is 0 Å². The van der Waals surface area contributed by atoms with Gasteiger partial charge in [-0.3, -0.25) is 4.79 Å². The minimum Gasteiger partial charge on any atom is -0.362 e. The summed E-state index contributed by atoms with van der Waals surface area (Å²) in [5.41, 5.74) is 5.33. The van der Waals surface area contributed by atoms with E-state index in [1.54, 1.807) is 6.20 Å². The van der Waals surface area contributed by atoms with E-state index in [-0.39, 0.29) is 16.8 Å². The Morgan fingerprint density at radius 1 is 1.24 bits per heavy atom. The van der Waals surface area contributed by atoms with Crippen molar-refractivity contribution in [1.29, 1.82) is 0 Å². The molecule has 0 spiro atoms. The van der Waals surface area contributed by atoms with Crippen molar-refractivity contribution in [3.8, 4) is 0 Å². The molecule has 2 aromatic heterocycles. The second kappa shape index (κ2) is 9.31. The van der Waals surface area contributed by atoms with E-state index in [1.165, 1.54) is 21.5 Å². The van der Waals surface area contributed by atoms with Gasteiger partial charge in [0.1, 0.15) is 10.8 Å². The molecule has 7 nitrogen and oxygen atoms in total. The predicted molar refractivity (Wildman–Crippen MR) is 129 cm³/mol. The highest BCUT2D eigenvalue weighted by atomic mass is 35.5. The Kier molecular flexibility index (Phi) is 6.25. The highest BCUT2D eigenvalue weighted by molar-refractivity contribution is 6.33. The van der Waals surface area contributed by atoms with Crippen molar-refractivity contribution in [2.24, 2.45) is 0 Å². The molecule has 0 radical (unpaired) electrons. The molecular formula is C25H30ClN5O2. The zero-order chi connectivity index (χ0) is 22.9. The molecule has 33 heavy (non-hydrogen) atoms. The number of ether oxygens (including phenoxy) is 1. The summed E-state index contributed by atoms with van der Waals surface area (Å²) in [5.74, 6) is 1.10.